The lowest BCUT2D eigenvalue weighted by atomic mass is 10.0. The van der Waals surface area contributed by atoms with Crippen molar-refractivity contribution >= 4 is 33.8 Å². The van der Waals surface area contributed by atoms with Gasteiger partial charge in [0.15, 0.2) is 23.0 Å². The van der Waals surface area contributed by atoms with Crippen molar-refractivity contribution in [2.45, 2.75) is 0 Å². The highest BCUT2D eigenvalue weighted by atomic mass is 32.1. The van der Waals surface area contributed by atoms with Crippen molar-refractivity contribution in [2.24, 2.45) is 0 Å². The Morgan fingerprint density at radius 1 is 0.857 bits per heavy atom. The molecule has 2 heterocycles. The summed E-state index contributed by atoms with van der Waals surface area (Å²) >= 11 is 1.54. The Hall–Kier alpha value is -4.15. The number of hydrogen-bond donors (Lipinski definition) is 0. The summed E-state index contributed by atoms with van der Waals surface area (Å²) in [6.07, 6.45) is 1.84. The molecule has 0 N–H and O–H groups in total. The number of benzene rings is 3. The molecule has 4 aromatic rings. The summed E-state index contributed by atoms with van der Waals surface area (Å²) in [4.78, 5) is 1.80. The normalized spacial score (nSPS) is 12.8. The van der Waals surface area contributed by atoms with Crippen LogP contribution in [0.5, 0.6) is 28.7 Å². The SMILES string of the molecule is COc1ccc2cc(-c3sc(/C=C(/C#N)c4ccc(OC)c(OC)c4)c4c3OCCO4)ccc2c1. The van der Waals surface area contributed by atoms with E-state index < -0.39 is 0 Å². The predicted octanol–water partition coefficient (Wildman–Crippen LogP) is 6.43. The molecule has 176 valence electrons. The van der Waals surface area contributed by atoms with Gasteiger partial charge in [0.25, 0.3) is 0 Å². The lowest BCUT2D eigenvalue weighted by Gasteiger charge is -2.17. The van der Waals surface area contributed by atoms with Gasteiger partial charge in [-0.1, -0.05) is 18.2 Å². The van der Waals surface area contributed by atoms with Crippen LogP contribution < -0.4 is 23.7 Å². The van der Waals surface area contributed by atoms with Crippen LogP contribution in [0.15, 0.2) is 54.6 Å². The average Bonchev–Trinajstić information content (AvgIpc) is 3.29. The van der Waals surface area contributed by atoms with Crippen LogP contribution in [0.2, 0.25) is 0 Å². The monoisotopic (exact) mass is 485 g/mol. The Balaban J connectivity index is 1.60. The lowest BCUT2D eigenvalue weighted by molar-refractivity contribution is 0.174. The number of methoxy groups -OCH3 is 3. The second-order valence-corrected chi connectivity index (χ2v) is 8.87. The zero-order chi connectivity index (χ0) is 24.4. The highest BCUT2D eigenvalue weighted by Gasteiger charge is 2.25. The Labute approximate surface area is 207 Å². The van der Waals surface area contributed by atoms with Crippen LogP contribution in [0, 0.1) is 11.3 Å². The van der Waals surface area contributed by atoms with E-state index in [1.807, 2.05) is 30.3 Å². The Kier molecular flexibility index (Phi) is 6.21. The summed E-state index contributed by atoms with van der Waals surface area (Å²) in [5, 5.41) is 12.1. The molecule has 0 aliphatic carbocycles. The van der Waals surface area contributed by atoms with Gasteiger partial charge in [-0.05, 0) is 64.4 Å². The number of allylic oxidation sites excluding steroid dienone is 1. The maximum absolute atomic E-state index is 9.95. The average molecular weight is 486 g/mol. The fraction of sp³-hybridized carbons (Fsp3) is 0.179. The second-order valence-electron chi connectivity index (χ2n) is 7.82. The zero-order valence-electron chi connectivity index (χ0n) is 19.6. The first-order valence-corrected chi connectivity index (χ1v) is 11.8. The topological polar surface area (TPSA) is 69.9 Å². The first-order chi connectivity index (χ1) is 17.1. The van der Waals surface area contributed by atoms with Crippen LogP contribution in [-0.2, 0) is 0 Å². The molecule has 0 saturated heterocycles. The van der Waals surface area contributed by atoms with Crippen LogP contribution in [0.4, 0.5) is 0 Å². The number of nitrogens with zero attached hydrogens (tertiary/aromatic N) is 1. The largest absolute Gasteiger partial charge is 0.497 e. The summed E-state index contributed by atoms with van der Waals surface area (Å²) in [6.45, 7) is 0.936. The fourth-order valence-corrected chi connectivity index (χ4v) is 5.20. The Morgan fingerprint density at radius 3 is 2.34 bits per heavy atom. The van der Waals surface area contributed by atoms with Gasteiger partial charge in [-0.3, -0.25) is 0 Å². The lowest BCUT2D eigenvalue weighted by Crippen LogP contribution is -2.14. The van der Waals surface area contributed by atoms with Crippen molar-refractivity contribution in [3.63, 3.8) is 0 Å². The molecule has 7 heteroatoms. The van der Waals surface area contributed by atoms with E-state index in [-0.39, 0.29) is 0 Å². The van der Waals surface area contributed by atoms with Crippen LogP contribution in [-0.4, -0.2) is 34.5 Å². The minimum atomic E-state index is 0.458. The van der Waals surface area contributed by atoms with Crippen LogP contribution in [0.1, 0.15) is 10.4 Å². The second kappa shape index (κ2) is 9.61. The smallest absolute Gasteiger partial charge is 0.180 e. The molecule has 0 fully saturated rings. The fourth-order valence-electron chi connectivity index (χ4n) is 4.06. The highest BCUT2D eigenvalue weighted by Crippen LogP contribution is 2.51. The van der Waals surface area contributed by atoms with Gasteiger partial charge in [0.05, 0.1) is 42.7 Å². The van der Waals surface area contributed by atoms with Crippen LogP contribution >= 0.6 is 11.3 Å². The molecular weight excluding hydrogens is 462 g/mol. The molecule has 3 aromatic carbocycles. The van der Waals surface area contributed by atoms with E-state index in [9.17, 15) is 5.26 Å². The first kappa shape index (κ1) is 22.6. The number of nitriles is 1. The molecular formula is C28H23NO5S. The molecule has 0 unspecified atom stereocenters. The van der Waals surface area contributed by atoms with Gasteiger partial charge in [0.2, 0.25) is 0 Å². The molecule has 35 heavy (non-hydrogen) atoms. The van der Waals surface area contributed by atoms with Crippen molar-refractivity contribution in [3.05, 3.63) is 65.0 Å². The van der Waals surface area contributed by atoms with Gasteiger partial charge in [-0.2, -0.15) is 5.26 Å². The molecule has 0 saturated carbocycles. The van der Waals surface area contributed by atoms with E-state index in [4.69, 9.17) is 23.7 Å². The molecule has 0 radical (unpaired) electrons. The standard InChI is InChI=1S/C28H23NO5S/c1-30-22-8-6-17-12-20(5-4-18(17)13-22)28-27-26(33-10-11-34-27)25(35-28)15-21(16-29)19-7-9-23(31-2)24(14-19)32-3/h4-9,12-15H,10-11H2,1-3H3/b21-15-. The molecule has 0 bridgehead atoms. The third kappa shape index (κ3) is 4.25. The quantitative estimate of drug-likeness (QED) is 0.293. The van der Waals surface area contributed by atoms with E-state index in [1.54, 1.807) is 44.8 Å². The van der Waals surface area contributed by atoms with Gasteiger partial charge < -0.3 is 23.7 Å². The summed E-state index contributed by atoms with van der Waals surface area (Å²) in [6, 6.07) is 20.0. The summed E-state index contributed by atoms with van der Waals surface area (Å²) in [7, 11) is 4.82. The number of ether oxygens (including phenoxy) is 5. The Morgan fingerprint density at radius 2 is 1.60 bits per heavy atom. The van der Waals surface area contributed by atoms with E-state index in [0.29, 0.717) is 41.8 Å². The van der Waals surface area contributed by atoms with Crippen molar-refractivity contribution in [3.8, 4) is 45.3 Å². The van der Waals surface area contributed by atoms with Gasteiger partial charge in [0, 0.05) is 0 Å². The van der Waals surface area contributed by atoms with Crippen LogP contribution in [0.3, 0.4) is 0 Å². The molecule has 1 aliphatic rings. The number of rotatable bonds is 6. The third-order valence-corrected chi connectivity index (χ3v) is 6.97. The summed E-state index contributed by atoms with van der Waals surface area (Å²) in [5.74, 6) is 3.37. The molecule has 1 aromatic heterocycles. The molecule has 6 nitrogen and oxygen atoms in total. The third-order valence-electron chi connectivity index (χ3n) is 5.82. The first-order valence-electron chi connectivity index (χ1n) is 11.0. The van der Waals surface area contributed by atoms with E-state index >= 15 is 0 Å². The molecule has 0 amide bonds. The van der Waals surface area contributed by atoms with Gasteiger partial charge in [-0.25, -0.2) is 0 Å². The number of thiophene rings is 1. The minimum Gasteiger partial charge on any atom is -0.497 e. The van der Waals surface area contributed by atoms with Gasteiger partial charge in [0.1, 0.15) is 19.0 Å². The predicted molar refractivity (Wildman–Crippen MR) is 138 cm³/mol. The highest BCUT2D eigenvalue weighted by molar-refractivity contribution is 7.17. The van der Waals surface area contributed by atoms with Gasteiger partial charge in [-0.15, -0.1) is 11.3 Å². The molecule has 5 rings (SSSR count). The van der Waals surface area contributed by atoms with E-state index in [2.05, 4.69) is 24.3 Å². The van der Waals surface area contributed by atoms with E-state index in [1.165, 1.54) is 0 Å². The zero-order valence-corrected chi connectivity index (χ0v) is 20.4. The number of hydrogen-bond acceptors (Lipinski definition) is 7. The minimum absolute atomic E-state index is 0.458. The van der Waals surface area contributed by atoms with Crippen molar-refractivity contribution in [2.75, 3.05) is 34.5 Å². The maximum Gasteiger partial charge on any atom is 0.180 e. The summed E-state index contributed by atoms with van der Waals surface area (Å²) < 4.78 is 28.1. The maximum atomic E-state index is 9.95. The van der Waals surface area contributed by atoms with E-state index in [0.717, 1.165) is 37.4 Å². The summed E-state index contributed by atoms with van der Waals surface area (Å²) in [5.41, 5.74) is 2.24. The van der Waals surface area contributed by atoms with Crippen LogP contribution in [0.25, 0.3) is 32.9 Å². The molecule has 0 atom stereocenters. The van der Waals surface area contributed by atoms with Crippen molar-refractivity contribution in [1.82, 2.24) is 0 Å². The molecule has 1 aliphatic heterocycles. The van der Waals surface area contributed by atoms with Crippen molar-refractivity contribution < 1.29 is 23.7 Å². The molecule has 0 spiro atoms. The van der Waals surface area contributed by atoms with Crippen molar-refractivity contribution in [1.29, 1.82) is 5.26 Å². The van der Waals surface area contributed by atoms with Gasteiger partial charge >= 0.3 is 0 Å². The Bertz CT molecular complexity index is 1480. The number of fused-ring (bicyclic) bond motifs is 2.